The van der Waals surface area contributed by atoms with Gasteiger partial charge in [-0.2, -0.15) is 4.31 Å². The first-order valence-electron chi connectivity index (χ1n) is 4.82. The minimum Gasteiger partial charge on any atom is -0.395 e. The molecule has 0 amide bonds. The molecule has 1 rings (SSSR count). The van der Waals surface area contributed by atoms with E-state index in [0.29, 0.717) is 0 Å². The molecule has 0 aliphatic carbocycles. The highest BCUT2D eigenvalue weighted by Crippen LogP contribution is 2.12. The first kappa shape index (κ1) is 12.9. The number of pyridine rings is 1. The lowest BCUT2D eigenvalue weighted by Gasteiger charge is -2.18. The highest BCUT2D eigenvalue weighted by Gasteiger charge is 2.22. The van der Waals surface area contributed by atoms with Crippen LogP contribution < -0.4 is 5.56 Å². The van der Waals surface area contributed by atoms with Gasteiger partial charge in [0.2, 0.25) is 15.6 Å². The summed E-state index contributed by atoms with van der Waals surface area (Å²) >= 11 is 0. The van der Waals surface area contributed by atoms with E-state index >= 15 is 0 Å². The number of H-pyrrole nitrogens is 1. The van der Waals surface area contributed by atoms with Crippen LogP contribution in [0.4, 0.5) is 0 Å². The zero-order chi connectivity index (χ0) is 12.2. The predicted octanol–water partition coefficient (Wildman–Crippen LogP) is -0.622. The Morgan fingerprint density at radius 3 is 2.56 bits per heavy atom. The van der Waals surface area contributed by atoms with Crippen molar-refractivity contribution in [1.29, 1.82) is 0 Å². The third kappa shape index (κ3) is 2.69. The van der Waals surface area contributed by atoms with Crippen LogP contribution in [0.5, 0.6) is 0 Å². The average Bonchev–Trinajstić information content (AvgIpc) is 2.26. The molecular weight excluding hydrogens is 232 g/mol. The van der Waals surface area contributed by atoms with Crippen molar-refractivity contribution >= 4 is 10.0 Å². The number of sulfonamides is 1. The standard InChI is InChI=1S/C9H14N2O4S/c1-2-11(5-6-12)16(14,15)8-3-4-9(13)10-7-8/h3-4,7,12H,2,5-6H2,1H3,(H,10,13). The second kappa shape index (κ2) is 5.24. The van der Waals surface area contributed by atoms with E-state index in [0.717, 1.165) is 16.6 Å². The molecule has 1 aromatic heterocycles. The van der Waals surface area contributed by atoms with Crippen LogP contribution in [-0.2, 0) is 10.0 Å². The SMILES string of the molecule is CCN(CCO)S(=O)(=O)c1ccc(=O)[nH]c1. The van der Waals surface area contributed by atoms with E-state index in [4.69, 9.17) is 5.11 Å². The second-order valence-corrected chi connectivity index (χ2v) is 5.05. The fourth-order valence-corrected chi connectivity index (χ4v) is 2.67. The Morgan fingerprint density at radius 2 is 2.12 bits per heavy atom. The normalized spacial score (nSPS) is 11.9. The number of aliphatic hydroxyl groups excluding tert-OH is 1. The summed E-state index contributed by atoms with van der Waals surface area (Å²) in [6.07, 6.45) is 1.15. The van der Waals surface area contributed by atoms with Gasteiger partial charge >= 0.3 is 0 Å². The minimum atomic E-state index is -3.63. The molecule has 0 aliphatic rings. The minimum absolute atomic E-state index is 0.0161. The Kier molecular flexibility index (Phi) is 4.22. The number of rotatable bonds is 5. The molecule has 0 fully saturated rings. The summed E-state index contributed by atoms with van der Waals surface area (Å²) in [6.45, 7) is 1.75. The van der Waals surface area contributed by atoms with Gasteiger partial charge in [0.15, 0.2) is 0 Å². The van der Waals surface area contributed by atoms with Crippen LogP contribution in [0.15, 0.2) is 28.0 Å². The summed E-state index contributed by atoms with van der Waals surface area (Å²) in [5.41, 5.74) is -0.357. The van der Waals surface area contributed by atoms with E-state index < -0.39 is 10.0 Å². The summed E-state index contributed by atoms with van der Waals surface area (Å²) in [4.78, 5) is 13.1. The van der Waals surface area contributed by atoms with Gasteiger partial charge in [-0.25, -0.2) is 8.42 Å². The number of hydrogen-bond acceptors (Lipinski definition) is 4. The largest absolute Gasteiger partial charge is 0.395 e. The molecule has 7 heteroatoms. The number of nitrogens with zero attached hydrogens (tertiary/aromatic N) is 1. The fourth-order valence-electron chi connectivity index (χ4n) is 1.27. The molecule has 0 aromatic carbocycles. The maximum Gasteiger partial charge on any atom is 0.247 e. The lowest BCUT2D eigenvalue weighted by Crippen LogP contribution is -2.33. The van der Waals surface area contributed by atoms with Crippen molar-refractivity contribution in [2.24, 2.45) is 0 Å². The number of aromatic nitrogens is 1. The highest BCUT2D eigenvalue weighted by atomic mass is 32.2. The summed E-state index contributed by atoms with van der Waals surface area (Å²) in [6, 6.07) is 2.40. The molecule has 0 saturated heterocycles. The van der Waals surface area contributed by atoms with E-state index in [1.54, 1.807) is 6.92 Å². The van der Waals surface area contributed by atoms with E-state index in [1.165, 1.54) is 6.07 Å². The van der Waals surface area contributed by atoms with Crippen molar-refractivity contribution in [3.8, 4) is 0 Å². The lowest BCUT2D eigenvalue weighted by molar-refractivity contribution is 0.257. The van der Waals surface area contributed by atoms with Gasteiger partial charge in [0.05, 0.1) is 11.5 Å². The number of aromatic amines is 1. The number of likely N-dealkylation sites (N-methyl/N-ethyl adjacent to an activating group) is 1. The first-order chi connectivity index (χ1) is 7.52. The number of hydrogen-bond donors (Lipinski definition) is 2. The first-order valence-corrected chi connectivity index (χ1v) is 6.26. The van der Waals surface area contributed by atoms with Crippen LogP contribution in [-0.4, -0.2) is 42.5 Å². The molecule has 0 atom stereocenters. The quantitative estimate of drug-likeness (QED) is 0.724. The fraction of sp³-hybridized carbons (Fsp3) is 0.444. The summed E-state index contributed by atoms with van der Waals surface area (Å²) in [7, 11) is -3.63. The van der Waals surface area contributed by atoms with Gasteiger partial charge in [-0.15, -0.1) is 0 Å². The summed E-state index contributed by atoms with van der Waals surface area (Å²) < 4.78 is 25.1. The molecule has 0 aliphatic heterocycles. The molecule has 1 aromatic rings. The topological polar surface area (TPSA) is 90.5 Å². The van der Waals surface area contributed by atoms with Crippen molar-refractivity contribution in [3.05, 3.63) is 28.7 Å². The van der Waals surface area contributed by atoms with Gasteiger partial charge in [-0.05, 0) is 6.07 Å². The molecule has 2 N–H and O–H groups in total. The van der Waals surface area contributed by atoms with Crippen LogP contribution in [0.25, 0.3) is 0 Å². The van der Waals surface area contributed by atoms with Crippen molar-refractivity contribution in [3.63, 3.8) is 0 Å². The Labute approximate surface area is 93.6 Å². The van der Waals surface area contributed by atoms with E-state index in [2.05, 4.69) is 4.98 Å². The van der Waals surface area contributed by atoms with Crippen LogP contribution in [0.2, 0.25) is 0 Å². The molecule has 0 spiro atoms. The van der Waals surface area contributed by atoms with E-state index in [9.17, 15) is 13.2 Å². The van der Waals surface area contributed by atoms with Crippen LogP contribution in [0, 0.1) is 0 Å². The molecule has 1 heterocycles. The van der Waals surface area contributed by atoms with E-state index in [1.807, 2.05) is 0 Å². The third-order valence-corrected chi connectivity index (χ3v) is 4.07. The lowest BCUT2D eigenvalue weighted by atomic mass is 10.5. The van der Waals surface area contributed by atoms with Gasteiger partial charge in [-0.1, -0.05) is 6.92 Å². The Bertz CT molecular complexity index is 474. The van der Waals surface area contributed by atoms with Crippen molar-refractivity contribution in [1.82, 2.24) is 9.29 Å². The highest BCUT2D eigenvalue weighted by molar-refractivity contribution is 7.89. The van der Waals surface area contributed by atoms with Crippen molar-refractivity contribution < 1.29 is 13.5 Å². The summed E-state index contributed by atoms with van der Waals surface area (Å²) in [5.74, 6) is 0. The molecular formula is C9H14N2O4S. The molecule has 0 unspecified atom stereocenters. The monoisotopic (exact) mass is 246 g/mol. The Hall–Kier alpha value is -1.18. The zero-order valence-electron chi connectivity index (χ0n) is 8.88. The summed E-state index contributed by atoms with van der Waals surface area (Å²) in [5, 5.41) is 8.76. The number of aliphatic hydroxyl groups is 1. The molecule has 0 saturated carbocycles. The molecule has 90 valence electrons. The van der Waals surface area contributed by atoms with Crippen molar-refractivity contribution in [2.45, 2.75) is 11.8 Å². The smallest absolute Gasteiger partial charge is 0.247 e. The second-order valence-electron chi connectivity index (χ2n) is 3.11. The average molecular weight is 246 g/mol. The zero-order valence-corrected chi connectivity index (χ0v) is 9.70. The van der Waals surface area contributed by atoms with Crippen LogP contribution >= 0.6 is 0 Å². The molecule has 0 radical (unpaired) electrons. The van der Waals surface area contributed by atoms with Gasteiger partial charge in [0.1, 0.15) is 0 Å². The van der Waals surface area contributed by atoms with E-state index in [-0.39, 0.29) is 30.2 Å². The van der Waals surface area contributed by atoms with Gasteiger partial charge < -0.3 is 10.1 Å². The van der Waals surface area contributed by atoms with Crippen LogP contribution in [0.3, 0.4) is 0 Å². The van der Waals surface area contributed by atoms with Crippen molar-refractivity contribution in [2.75, 3.05) is 19.7 Å². The predicted molar refractivity (Wildman–Crippen MR) is 58.6 cm³/mol. The number of nitrogens with one attached hydrogen (secondary N) is 1. The third-order valence-electron chi connectivity index (χ3n) is 2.10. The molecule has 6 nitrogen and oxygen atoms in total. The molecule has 16 heavy (non-hydrogen) atoms. The maximum absolute atomic E-state index is 12.0. The Morgan fingerprint density at radius 1 is 1.44 bits per heavy atom. The van der Waals surface area contributed by atoms with Gasteiger partial charge in [0, 0.05) is 25.4 Å². The van der Waals surface area contributed by atoms with Gasteiger partial charge in [0.25, 0.3) is 0 Å². The molecule has 0 bridgehead atoms. The van der Waals surface area contributed by atoms with Gasteiger partial charge in [-0.3, -0.25) is 4.79 Å². The van der Waals surface area contributed by atoms with Crippen LogP contribution in [0.1, 0.15) is 6.92 Å². The Balaban J connectivity index is 3.09. The maximum atomic E-state index is 12.0.